The Balaban J connectivity index is 1.91. The zero-order valence-corrected chi connectivity index (χ0v) is 13.5. The first kappa shape index (κ1) is 14.6. The average Bonchev–Trinajstić information content (AvgIpc) is 3.03. The lowest BCUT2D eigenvalue weighted by Gasteiger charge is -2.16. The third-order valence-corrected chi connectivity index (χ3v) is 3.85. The number of hydrogen-bond donors (Lipinski definition) is 1. The summed E-state index contributed by atoms with van der Waals surface area (Å²) in [7, 11) is 0. The van der Waals surface area contributed by atoms with Gasteiger partial charge in [-0.15, -0.1) is 16.4 Å². The van der Waals surface area contributed by atoms with Crippen LogP contribution in [0.5, 0.6) is 0 Å². The maximum absolute atomic E-state index is 12.0. The van der Waals surface area contributed by atoms with E-state index in [2.05, 4.69) is 20.4 Å². The van der Waals surface area contributed by atoms with Crippen LogP contribution in [0.1, 0.15) is 27.2 Å². The van der Waals surface area contributed by atoms with E-state index in [0.29, 0.717) is 12.2 Å². The Morgan fingerprint density at radius 3 is 2.86 bits per heavy atom. The monoisotopic (exact) mass is 315 g/mol. The normalized spacial score (nSPS) is 11.8. The Hall–Kier alpha value is -2.28. The molecule has 0 aliphatic heterocycles. The molecule has 3 heterocycles. The summed E-state index contributed by atoms with van der Waals surface area (Å²) in [5, 5.41) is 9.10. The molecule has 22 heavy (non-hydrogen) atoms. The van der Waals surface area contributed by atoms with Gasteiger partial charge in [0, 0.05) is 12.6 Å². The van der Waals surface area contributed by atoms with Crippen LogP contribution in [0.4, 0.5) is 5.95 Å². The molecule has 0 atom stereocenters. The van der Waals surface area contributed by atoms with Crippen LogP contribution in [0.3, 0.4) is 0 Å². The molecule has 3 aromatic rings. The largest absolute Gasteiger partial charge is 0.293 e. The van der Waals surface area contributed by atoms with Gasteiger partial charge in [-0.3, -0.25) is 10.1 Å². The molecule has 114 valence electrons. The molecule has 0 bridgehead atoms. The molecule has 0 aliphatic carbocycles. The van der Waals surface area contributed by atoms with Crippen LogP contribution in [-0.2, 0) is 4.79 Å². The zero-order chi connectivity index (χ0) is 15.7. The van der Waals surface area contributed by atoms with Crippen LogP contribution >= 0.6 is 11.3 Å². The van der Waals surface area contributed by atoms with Gasteiger partial charge in [-0.2, -0.15) is 9.50 Å². The van der Waals surface area contributed by atoms with Crippen molar-refractivity contribution in [3.8, 4) is 10.6 Å². The Labute approximate surface area is 132 Å². The summed E-state index contributed by atoms with van der Waals surface area (Å²) < 4.78 is 1.65. The lowest BCUT2D eigenvalue weighted by atomic mass is 9.92. The summed E-state index contributed by atoms with van der Waals surface area (Å²) in [5.74, 6) is 0.656. The minimum absolute atomic E-state index is 0.0797. The highest BCUT2D eigenvalue weighted by Gasteiger charge is 2.18. The van der Waals surface area contributed by atoms with E-state index in [9.17, 15) is 4.79 Å². The van der Waals surface area contributed by atoms with Crippen LogP contribution in [0.2, 0.25) is 0 Å². The highest BCUT2D eigenvalue weighted by atomic mass is 32.1. The number of nitrogens with zero attached hydrogens (tertiary/aromatic N) is 4. The second-order valence-electron chi connectivity index (χ2n) is 6.24. The number of hydrogen-bond acceptors (Lipinski definition) is 5. The van der Waals surface area contributed by atoms with Gasteiger partial charge in [-0.05, 0) is 22.9 Å². The summed E-state index contributed by atoms with van der Waals surface area (Å²) in [6, 6.07) is 5.88. The molecule has 0 aromatic carbocycles. The van der Waals surface area contributed by atoms with Gasteiger partial charge in [0.15, 0.2) is 0 Å². The number of carbonyl (C=O) groups excluding carboxylic acids is 1. The van der Waals surface area contributed by atoms with Gasteiger partial charge in [0.05, 0.1) is 10.6 Å². The van der Waals surface area contributed by atoms with E-state index >= 15 is 0 Å². The first-order valence-electron chi connectivity index (χ1n) is 6.98. The molecule has 7 heteroatoms. The van der Waals surface area contributed by atoms with E-state index in [-0.39, 0.29) is 17.3 Å². The third kappa shape index (κ3) is 3.14. The Morgan fingerprint density at radius 1 is 1.36 bits per heavy atom. The lowest BCUT2D eigenvalue weighted by molar-refractivity contribution is -0.117. The number of thiophene rings is 1. The lowest BCUT2D eigenvalue weighted by Crippen LogP contribution is -2.20. The molecule has 6 nitrogen and oxygen atoms in total. The van der Waals surface area contributed by atoms with Gasteiger partial charge in [0.1, 0.15) is 0 Å². The van der Waals surface area contributed by atoms with Crippen LogP contribution in [-0.4, -0.2) is 25.5 Å². The molecular weight excluding hydrogens is 298 g/mol. The summed E-state index contributed by atoms with van der Waals surface area (Å²) >= 11 is 1.62. The van der Waals surface area contributed by atoms with Crippen molar-refractivity contribution in [1.82, 2.24) is 19.6 Å². The minimum Gasteiger partial charge on any atom is -0.293 e. The van der Waals surface area contributed by atoms with Gasteiger partial charge >= 0.3 is 0 Å². The van der Waals surface area contributed by atoms with Gasteiger partial charge in [-0.25, -0.2) is 4.98 Å². The summed E-state index contributed by atoms with van der Waals surface area (Å²) in [5.41, 5.74) is 0.827. The van der Waals surface area contributed by atoms with Crippen LogP contribution in [0, 0.1) is 5.41 Å². The van der Waals surface area contributed by atoms with Crippen molar-refractivity contribution in [3.63, 3.8) is 0 Å². The van der Waals surface area contributed by atoms with Gasteiger partial charge < -0.3 is 0 Å². The summed E-state index contributed by atoms with van der Waals surface area (Å²) in [6.45, 7) is 6.04. The van der Waals surface area contributed by atoms with Crippen molar-refractivity contribution in [2.24, 2.45) is 5.41 Å². The fraction of sp³-hybridized carbons (Fsp3) is 0.333. The molecule has 0 saturated heterocycles. The highest BCUT2D eigenvalue weighted by Crippen LogP contribution is 2.24. The maximum atomic E-state index is 12.0. The number of anilines is 1. The van der Waals surface area contributed by atoms with Crippen LogP contribution in [0.15, 0.2) is 29.8 Å². The van der Waals surface area contributed by atoms with Crippen molar-refractivity contribution in [2.45, 2.75) is 27.2 Å². The summed E-state index contributed by atoms with van der Waals surface area (Å²) in [4.78, 5) is 21.5. The first-order valence-corrected chi connectivity index (χ1v) is 7.86. The minimum atomic E-state index is -0.0962. The maximum Gasteiger partial charge on any atom is 0.254 e. The molecule has 1 N–H and O–H groups in total. The highest BCUT2D eigenvalue weighted by molar-refractivity contribution is 7.13. The van der Waals surface area contributed by atoms with Crippen LogP contribution < -0.4 is 5.32 Å². The molecule has 0 fully saturated rings. The molecule has 3 aromatic heterocycles. The SMILES string of the molecule is CC(C)(C)CC(=O)Nc1nc2nccc(-c3cccs3)n2n1. The van der Waals surface area contributed by atoms with Crippen LogP contribution in [0.25, 0.3) is 16.3 Å². The molecular formula is C15H17N5OS. The van der Waals surface area contributed by atoms with Gasteiger partial charge in [0.2, 0.25) is 5.91 Å². The first-order chi connectivity index (χ1) is 10.4. The Morgan fingerprint density at radius 2 is 2.18 bits per heavy atom. The topological polar surface area (TPSA) is 72.2 Å². The second-order valence-corrected chi connectivity index (χ2v) is 7.19. The number of carbonyl (C=O) groups is 1. The molecule has 0 saturated carbocycles. The van der Waals surface area contributed by atoms with Crippen molar-refractivity contribution in [1.29, 1.82) is 0 Å². The number of amides is 1. The van der Waals surface area contributed by atoms with E-state index < -0.39 is 0 Å². The predicted octanol–water partition coefficient (Wildman–Crippen LogP) is 3.23. The fourth-order valence-corrected chi connectivity index (χ4v) is 2.84. The standard InChI is InChI=1S/C15H17N5OS/c1-15(2,3)9-12(21)17-13-18-14-16-7-6-10(20(14)19-13)11-5-4-8-22-11/h4-8H,9H2,1-3H3,(H,17,19,21). The molecule has 0 aliphatic rings. The smallest absolute Gasteiger partial charge is 0.254 e. The zero-order valence-electron chi connectivity index (χ0n) is 12.7. The number of nitrogens with one attached hydrogen (secondary N) is 1. The molecule has 0 radical (unpaired) electrons. The molecule has 0 spiro atoms. The number of aromatic nitrogens is 4. The Bertz CT molecular complexity index is 801. The van der Waals surface area contributed by atoms with E-state index in [0.717, 1.165) is 10.6 Å². The van der Waals surface area contributed by atoms with E-state index in [1.54, 1.807) is 22.0 Å². The van der Waals surface area contributed by atoms with Crippen molar-refractivity contribution >= 4 is 29.0 Å². The number of fused-ring (bicyclic) bond motifs is 1. The van der Waals surface area contributed by atoms with Crippen molar-refractivity contribution in [2.75, 3.05) is 5.32 Å². The molecule has 1 amide bonds. The van der Waals surface area contributed by atoms with E-state index in [4.69, 9.17) is 0 Å². The predicted molar refractivity (Wildman–Crippen MR) is 86.8 cm³/mol. The van der Waals surface area contributed by atoms with Crippen molar-refractivity contribution in [3.05, 3.63) is 29.8 Å². The third-order valence-electron chi connectivity index (χ3n) is 2.96. The average molecular weight is 315 g/mol. The summed E-state index contributed by atoms with van der Waals surface area (Å²) in [6.07, 6.45) is 2.10. The molecule has 0 unspecified atom stereocenters. The quantitative estimate of drug-likeness (QED) is 0.805. The van der Waals surface area contributed by atoms with E-state index in [1.807, 2.05) is 44.4 Å². The van der Waals surface area contributed by atoms with Gasteiger partial charge in [0.25, 0.3) is 11.7 Å². The molecule has 3 rings (SSSR count). The van der Waals surface area contributed by atoms with Crippen molar-refractivity contribution < 1.29 is 4.79 Å². The Kier molecular flexibility index (Phi) is 3.66. The number of rotatable bonds is 3. The van der Waals surface area contributed by atoms with Gasteiger partial charge in [-0.1, -0.05) is 26.8 Å². The van der Waals surface area contributed by atoms with E-state index in [1.165, 1.54) is 0 Å². The fourth-order valence-electron chi connectivity index (χ4n) is 2.11. The second kappa shape index (κ2) is 5.49.